The third-order valence-corrected chi connectivity index (χ3v) is 0.535. The number of alkyl halides is 2. The van der Waals surface area contributed by atoms with Crippen LogP contribution in [0.5, 0.6) is 0 Å². The van der Waals surface area contributed by atoms with Crippen molar-refractivity contribution in [1.29, 1.82) is 0 Å². The minimum absolute atomic E-state index is 0.111. The summed E-state index contributed by atoms with van der Waals surface area (Å²) in [4.78, 5) is 0. The summed E-state index contributed by atoms with van der Waals surface area (Å²) in [6.45, 7) is 0. The van der Waals surface area contributed by atoms with Gasteiger partial charge in [-0.2, -0.15) is 0 Å². The second-order valence-electron chi connectivity index (χ2n) is 0.627. The molecule has 0 aliphatic carbocycles. The molecule has 0 bridgehead atoms. The molecule has 0 aromatic heterocycles. The Morgan fingerprint density at radius 3 is 1.80 bits per heavy atom. The Kier molecular flexibility index (Phi) is 2.83. The van der Waals surface area contributed by atoms with Crippen LogP contribution < -0.4 is 0 Å². The molecule has 0 amide bonds. The minimum atomic E-state index is -2.15. The predicted molar refractivity (Wildman–Crippen MR) is 16.6 cm³/mol. The molecule has 0 spiro atoms. The summed E-state index contributed by atoms with van der Waals surface area (Å²) >= 11 is 1.94. The molecule has 0 atom stereocenters. The fourth-order valence-electron chi connectivity index (χ4n) is 0. The normalized spacial score (nSPS) is 9.80. The molecule has 0 nitrogen and oxygen atoms in total. The van der Waals surface area contributed by atoms with Gasteiger partial charge in [0.15, 0.2) is 0 Å². The van der Waals surface area contributed by atoms with Crippen LogP contribution in [-0.2, 0) is 0 Å². The molecule has 0 radical (unpaired) electrons. The van der Waals surface area contributed by atoms with Gasteiger partial charge in [0.05, 0.1) is 0 Å². The maximum atomic E-state index is 10.7. The number of halogens is 2. The molecule has 0 aromatic rings. The van der Waals surface area contributed by atoms with Crippen molar-refractivity contribution in [3.8, 4) is 0 Å². The van der Waals surface area contributed by atoms with Crippen LogP contribution >= 0.6 is 0 Å². The quantitative estimate of drug-likeness (QED) is 0.420. The Balaban J connectivity index is 2.54. The van der Waals surface area contributed by atoms with Crippen molar-refractivity contribution in [1.82, 2.24) is 0 Å². The fraction of sp³-hybridized carbons (Fsp3) is 1.00. The Labute approximate surface area is 37.6 Å². The van der Waals surface area contributed by atoms with Gasteiger partial charge in [0.1, 0.15) is 0 Å². The first-order chi connectivity index (χ1) is 2.27. The van der Waals surface area contributed by atoms with Gasteiger partial charge in [0.2, 0.25) is 0 Å². The molecule has 0 aromatic carbocycles. The molecular formula is C2H3AlF2+2. The van der Waals surface area contributed by atoms with Gasteiger partial charge in [-0.3, -0.25) is 0 Å². The molecule has 0 N–H and O–H groups in total. The molecule has 0 aliphatic rings. The molecule has 0 aliphatic heterocycles. The Bertz CT molecular complexity index is 21.6. The van der Waals surface area contributed by atoms with E-state index in [1.807, 2.05) is 16.3 Å². The molecule has 0 rings (SSSR count). The van der Waals surface area contributed by atoms with Gasteiger partial charge in [-0.1, -0.05) is 0 Å². The molecular weight excluding hydrogens is 89.0 g/mol. The van der Waals surface area contributed by atoms with Crippen molar-refractivity contribution in [3.63, 3.8) is 0 Å². The zero-order valence-corrected chi connectivity index (χ0v) is 3.77. The summed E-state index contributed by atoms with van der Waals surface area (Å²) < 4.78 is 21.5. The molecule has 5 heavy (non-hydrogen) atoms. The topological polar surface area (TPSA) is 0 Å². The van der Waals surface area contributed by atoms with Crippen molar-refractivity contribution < 1.29 is 8.78 Å². The summed E-state index contributed by atoms with van der Waals surface area (Å²) in [7, 11) is 0. The maximum absolute atomic E-state index is 10.7. The van der Waals surface area contributed by atoms with Crippen molar-refractivity contribution >= 4 is 16.3 Å². The van der Waals surface area contributed by atoms with Crippen molar-refractivity contribution in [3.05, 3.63) is 0 Å². The summed E-state index contributed by atoms with van der Waals surface area (Å²) in [5, 5.41) is -0.111. The second-order valence-corrected chi connectivity index (χ2v) is 1.10. The summed E-state index contributed by atoms with van der Waals surface area (Å²) in [5.74, 6) is 0. The van der Waals surface area contributed by atoms with Gasteiger partial charge in [0.25, 0.3) is 0 Å². The van der Waals surface area contributed by atoms with E-state index >= 15 is 0 Å². The zero-order chi connectivity index (χ0) is 4.28. The first kappa shape index (κ1) is 5.39. The third kappa shape index (κ3) is 4.39. The van der Waals surface area contributed by atoms with Gasteiger partial charge in [-0.15, -0.1) is 0 Å². The van der Waals surface area contributed by atoms with Crippen LogP contribution in [0.1, 0.15) is 0 Å². The molecule has 0 saturated carbocycles. The van der Waals surface area contributed by atoms with Crippen LogP contribution in [0.3, 0.4) is 0 Å². The average Bonchev–Trinajstić information content (AvgIpc) is 1.38. The van der Waals surface area contributed by atoms with E-state index in [-0.39, 0.29) is 5.28 Å². The fourth-order valence-corrected chi connectivity index (χ4v) is 0. The van der Waals surface area contributed by atoms with Gasteiger partial charge in [-0.25, -0.2) is 0 Å². The van der Waals surface area contributed by atoms with Gasteiger partial charge in [-0.05, 0) is 0 Å². The zero-order valence-electron chi connectivity index (χ0n) is 2.62. The van der Waals surface area contributed by atoms with Crippen LogP contribution in [-0.4, -0.2) is 22.7 Å². The van der Waals surface area contributed by atoms with Crippen LogP contribution in [0.25, 0.3) is 0 Å². The van der Waals surface area contributed by atoms with Crippen LogP contribution in [0, 0.1) is 0 Å². The molecule has 0 heterocycles. The average molecular weight is 92.0 g/mol. The Morgan fingerprint density at radius 2 is 1.80 bits per heavy atom. The monoisotopic (exact) mass is 92.0 g/mol. The van der Waals surface area contributed by atoms with Crippen LogP contribution in [0.2, 0.25) is 5.28 Å². The predicted octanol–water partition coefficient (Wildman–Crippen LogP) is 0.838. The molecule has 0 saturated heterocycles. The van der Waals surface area contributed by atoms with Crippen molar-refractivity contribution in [2.75, 3.05) is 0 Å². The third-order valence-electron chi connectivity index (χ3n) is 0.178. The van der Waals surface area contributed by atoms with E-state index in [4.69, 9.17) is 0 Å². The SMILES string of the molecule is FC(F)[CH2][Al+2]. The van der Waals surface area contributed by atoms with E-state index in [0.29, 0.717) is 0 Å². The van der Waals surface area contributed by atoms with Crippen molar-refractivity contribution in [2.24, 2.45) is 0 Å². The summed E-state index contributed by atoms with van der Waals surface area (Å²) in [6.07, 6.45) is -2.15. The number of rotatable bonds is 1. The van der Waals surface area contributed by atoms with Gasteiger partial charge < -0.3 is 0 Å². The van der Waals surface area contributed by atoms with E-state index in [2.05, 4.69) is 0 Å². The van der Waals surface area contributed by atoms with Gasteiger partial charge >= 0.3 is 36.8 Å². The first-order valence-electron chi connectivity index (χ1n) is 1.25. The molecule has 0 unspecified atom stereocenters. The van der Waals surface area contributed by atoms with Crippen LogP contribution in [0.4, 0.5) is 8.78 Å². The van der Waals surface area contributed by atoms with Crippen LogP contribution in [0.15, 0.2) is 0 Å². The number of hydrogen-bond acceptors (Lipinski definition) is 0. The molecule has 3 heteroatoms. The summed E-state index contributed by atoms with van der Waals surface area (Å²) in [5.41, 5.74) is 0. The van der Waals surface area contributed by atoms with E-state index in [9.17, 15) is 8.78 Å². The Morgan fingerprint density at radius 1 is 1.60 bits per heavy atom. The molecule has 26 valence electrons. The first-order valence-corrected chi connectivity index (χ1v) is 2.07. The number of hydrogen-bond donors (Lipinski definition) is 0. The summed E-state index contributed by atoms with van der Waals surface area (Å²) in [6, 6.07) is 0. The molecule has 0 fully saturated rings. The van der Waals surface area contributed by atoms with E-state index in [1.54, 1.807) is 0 Å². The van der Waals surface area contributed by atoms with E-state index in [1.165, 1.54) is 0 Å². The van der Waals surface area contributed by atoms with Crippen molar-refractivity contribution in [2.45, 2.75) is 11.7 Å². The Hall–Kier alpha value is 0.392. The van der Waals surface area contributed by atoms with Gasteiger partial charge in [0, 0.05) is 0 Å². The standard InChI is InChI=1S/C2H3F2.Al/c1-2(3)4;/h2H,1H2;/q;+2. The second kappa shape index (κ2) is 2.62. The van der Waals surface area contributed by atoms with E-state index < -0.39 is 6.43 Å². The van der Waals surface area contributed by atoms with E-state index in [0.717, 1.165) is 0 Å².